The monoisotopic (exact) mass is 499 g/mol. The average molecular weight is 499 g/mol. The van der Waals surface area contributed by atoms with Crippen molar-refractivity contribution in [1.82, 2.24) is 19.8 Å². The van der Waals surface area contributed by atoms with Crippen LogP contribution in [0.5, 0.6) is 0 Å². The number of likely N-dealkylation sites (tertiary alicyclic amines) is 1. The maximum atomic E-state index is 6.16. The summed E-state index contributed by atoms with van der Waals surface area (Å²) < 4.78 is 8.43. The lowest BCUT2D eigenvalue weighted by Crippen LogP contribution is -2.69. The second-order valence-corrected chi connectivity index (χ2v) is 9.14. The first-order valence-corrected chi connectivity index (χ1v) is 10.8. The standard InChI is InChI=1S/C21H33N5O.HI/c1-15-5-10-25(13-17(15)26-11-9-23-14-26)20(22-2)24-18-16-6-12-27-19(16)21(18)7-3-4-8-21;/h9,11,14-19H,3-8,10,12-13H2,1-2H3,(H,22,24);1H. The lowest BCUT2D eigenvalue weighted by molar-refractivity contribution is -0.125. The van der Waals surface area contributed by atoms with Crippen molar-refractivity contribution in [2.24, 2.45) is 22.2 Å². The zero-order valence-corrected chi connectivity index (χ0v) is 19.4. The molecule has 2 saturated heterocycles. The lowest BCUT2D eigenvalue weighted by atomic mass is 9.54. The van der Waals surface area contributed by atoms with Gasteiger partial charge in [0.15, 0.2) is 5.96 Å². The molecule has 6 nitrogen and oxygen atoms in total. The van der Waals surface area contributed by atoms with E-state index >= 15 is 0 Å². The number of piperidine rings is 1. The van der Waals surface area contributed by atoms with Crippen LogP contribution in [0.2, 0.25) is 0 Å². The van der Waals surface area contributed by atoms with Gasteiger partial charge in [-0.3, -0.25) is 4.99 Å². The molecule has 3 heterocycles. The smallest absolute Gasteiger partial charge is 0.193 e. The summed E-state index contributed by atoms with van der Waals surface area (Å²) in [5.41, 5.74) is 0.365. The van der Waals surface area contributed by atoms with Crippen molar-refractivity contribution in [2.45, 2.75) is 63.6 Å². The van der Waals surface area contributed by atoms with Crippen LogP contribution >= 0.6 is 24.0 Å². The first-order valence-electron chi connectivity index (χ1n) is 10.8. The number of hydrogen-bond acceptors (Lipinski definition) is 3. The average Bonchev–Trinajstić information content (AvgIpc) is 3.43. The van der Waals surface area contributed by atoms with E-state index in [4.69, 9.17) is 9.73 Å². The highest BCUT2D eigenvalue weighted by molar-refractivity contribution is 14.0. The maximum absolute atomic E-state index is 6.16. The number of fused-ring (bicyclic) bond motifs is 2. The van der Waals surface area contributed by atoms with Crippen molar-refractivity contribution in [3.63, 3.8) is 0 Å². The SMILES string of the molecule is CN=C(NC1C2CCOC2C12CCCC2)N1CCC(C)C(n2ccnc2)C1.I. The summed E-state index contributed by atoms with van der Waals surface area (Å²) >= 11 is 0. The van der Waals surface area contributed by atoms with Gasteiger partial charge in [-0.25, -0.2) is 4.98 Å². The van der Waals surface area contributed by atoms with E-state index < -0.39 is 0 Å². The normalized spacial score (nSPS) is 36.7. The Kier molecular flexibility index (Phi) is 5.93. The number of nitrogens with one attached hydrogen (secondary N) is 1. The summed E-state index contributed by atoms with van der Waals surface area (Å²) in [6.07, 6.45) is 14.2. The second kappa shape index (κ2) is 8.13. The fraction of sp³-hybridized carbons (Fsp3) is 0.810. The number of hydrogen-bond donors (Lipinski definition) is 1. The van der Waals surface area contributed by atoms with Crippen molar-refractivity contribution in [3.8, 4) is 0 Å². The summed E-state index contributed by atoms with van der Waals surface area (Å²) in [6.45, 7) is 5.38. The quantitative estimate of drug-likeness (QED) is 0.386. The Hall–Kier alpha value is -0.830. The molecule has 0 aromatic carbocycles. The molecular formula is C21H34IN5O. The molecule has 4 fully saturated rings. The van der Waals surface area contributed by atoms with Crippen LogP contribution in [-0.2, 0) is 4.74 Å². The van der Waals surface area contributed by atoms with E-state index in [0.717, 1.165) is 25.7 Å². The minimum Gasteiger partial charge on any atom is -0.377 e. The van der Waals surface area contributed by atoms with E-state index in [9.17, 15) is 0 Å². The molecule has 2 aliphatic carbocycles. The van der Waals surface area contributed by atoms with E-state index in [0.29, 0.717) is 35.4 Å². The molecule has 1 aromatic rings. The lowest BCUT2D eigenvalue weighted by Gasteiger charge is -2.57. The van der Waals surface area contributed by atoms with Crippen molar-refractivity contribution in [2.75, 3.05) is 26.7 Å². The van der Waals surface area contributed by atoms with E-state index in [2.05, 4.69) is 32.9 Å². The molecule has 2 aliphatic heterocycles. The van der Waals surface area contributed by atoms with Gasteiger partial charge in [-0.05, 0) is 31.6 Å². The molecule has 0 amide bonds. The van der Waals surface area contributed by atoms with Crippen LogP contribution in [0.3, 0.4) is 0 Å². The van der Waals surface area contributed by atoms with Gasteiger partial charge in [0.05, 0.1) is 18.5 Å². The topological polar surface area (TPSA) is 54.7 Å². The van der Waals surface area contributed by atoms with Crippen LogP contribution in [0, 0.1) is 17.3 Å². The van der Waals surface area contributed by atoms with E-state index in [1.165, 1.54) is 38.5 Å². The van der Waals surface area contributed by atoms with Gasteiger partial charge in [-0.1, -0.05) is 19.8 Å². The first kappa shape index (κ1) is 20.4. The molecule has 1 spiro atoms. The molecule has 5 atom stereocenters. The third-order valence-electron chi connectivity index (χ3n) is 7.91. The highest BCUT2D eigenvalue weighted by Gasteiger charge is 2.65. The fourth-order valence-corrected chi connectivity index (χ4v) is 6.44. The fourth-order valence-electron chi connectivity index (χ4n) is 6.44. The largest absolute Gasteiger partial charge is 0.377 e. The third-order valence-corrected chi connectivity index (χ3v) is 7.91. The maximum Gasteiger partial charge on any atom is 0.193 e. The van der Waals surface area contributed by atoms with Gasteiger partial charge in [0, 0.05) is 56.5 Å². The third kappa shape index (κ3) is 3.16. The summed E-state index contributed by atoms with van der Waals surface area (Å²) in [4.78, 5) is 11.4. The molecule has 28 heavy (non-hydrogen) atoms. The summed E-state index contributed by atoms with van der Waals surface area (Å²) in [6, 6.07) is 1.00. The number of rotatable bonds is 2. The van der Waals surface area contributed by atoms with Crippen molar-refractivity contribution in [3.05, 3.63) is 18.7 Å². The predicted octanol–water partition coefficient (Wildman–Crippen LogP) is 3.31. The predicted molar refractivity (Wildman–Crippen MR) is 121 cm³/mol. The number of nitrogens with zero attached hydrogens (tertiary/aromatic N) is 4. The molecule has 5 rings (SSSR count). The Morgan fingerprint density at radius 2 is 2.11 bits per heavy atom. The first-order chi connectivity index (χ1) is 13.2. The Balaban J connectivity index is 0.00000192. The molecule has 5 unspecified atom stereocenters. The molecule has 1 aromatic heterocycles. The van der Waals surface area contributed by atoms with Gasteiger partial charge in [-0.2, -0.15) is 0 Å². The van der Waals surface area contributed by atoms with E-state index in [1.807, 2.05) is 19.6 Å². The van der Waals surface area contributed by atoms with Crippen molar-refractivity contribution < 1.29 is 4.74 Å². The summed E-state index contributed by atoms with van der Waals surface area (Å²) in [5, 5.41) is 3.93. The van der Waals surface area contributed by atoms with Crippen LogP contribution in [0.4, 0.5) is 0 Å². The summed E-state index contributed by atoms with van der Waals surface area (Å²) in [5.74, 6) is 2.42. The number of aromatic nitrogens is 2. The zero-order valence-electron chi connectivity index (χ0n) is 17.1. The van der Waals surface area contributed by atoms with Crippen LogP contribution in [0.15, 0.2) is 23.7 Å². The van der Waals surface area contributed by atoms with Gasteiger partial charge in [0.2, 0.25) is 0 Å². The van der Waals surface area contributed by atoms with Crippen LogP contribution in [0.1, 0.15) is 51.5 Å². The van der Waals surface area contributed by atoms with Gasteiger partial charge >= 0.3 is 0 Å². The zero-order chi connectivity index (χ0) is 18.4. The van der Waals surface area contributed by atoms with Crippen molar-refractivity contribution >= 4 is 29.9 Å². The van der Waals surface area contributed by atoms with Gasteiger partial charge < -0.3 is 19.5 Å². The molecule has 156 valence electrons. The van der Waals surface area contributed by atoms with Crippen molar-refractivity contribution in [1.29, 1.82) is 0 Å². The number of imidazole rings is 1. The number of aliphatic imine (C=N–C) groups is 1. The highest BCUT2D eigenvalue weighted by atomic mass is 127. The Labute approximate surface area is 185 Å². The second-order valence-electron chi connectivity index (χ2n) is 9.14. The molecule has 0 radical (unpaired) electrons. The minimum absolute atomic E-state index is 0. The highest BCUT2D eigenvalue weighted by Crippen LogP contribution is 2.60. The summed E-state index contributed by atoms with van der Waals surface area (Å²) in [7, 11) is 1.94. The van der Waals surface area contributed by atoms with Crippen LogP contribution in [0.25, 0.3) is 0 Å². The van der Waals surface area contributed by atoms with E-state index in [-0.39, 0.29) is 24.0 Å². The van der Waals surface area contributed by atoms with Crippen LogP contribution < -0.4 is 5.32 Å². The number of ether oxygens (including phenoxy) is 1. The van der Waals surface area contributed by atoms with Gasteiger partial charge in [0.1, 0.15) is 0 Å². The van der Waals surface area contributed by atoms with Gasteiger partial charge in [0.25, 0.3) is 0 Å². The molecule has 7 heteroatoms. The molecule has 4 aliphatic rings. The molecular weight excluding hydrogens is 465 g/mol. The van der Waals surface area contributed by atoms with Crippen LogP contribution in [-0.4, -0.2) is 59.3 Å². The van der Waals surface area contributed by atoms with E-state index in [1.54, 1.807) is 0 Å². The number of guanidine groups is 1. The Bertz CT molecular complexity index is 687. The molecule has 1 N–H and O–H groups in total. The Morgan fingerprint density at radius 3 is 2.82 bits per heavy atom. The Morgan fingerprint density at radius 1 is 1.29 bits per heavy atom. The number of halogens is 1. The molecule has 2 saturated carbocycles. The minimum atomic E-state index is 0. The molecule has 0 bridgehead atoms. The van der Waals surface area contributed by atoms with Gasteiger partial charge in [-0.15, -0.1) is 24.0 Å².